The maximum atomic E-state index is 12.9. The van der Waals surface area contributed by atoms with E-state index in [2.05, 4.69) is 10.3 Å². The molecule has 130 valence electrons. The molecule has 1 fully saturated rings. The summed E-state index contributed by atoms with van der Waals surface area (Å²) in [5.41, 5.74) is -0.927. The smallest absolute Gasteiger partial charge is 0.353 e. The highest BCUT2D eigenvalue weighted by Gasteiger charge is 2.34. The Bertz CT molecular complexity index is 652. The minimum atomic E-state index is -4.57. The summed E-state index contributed by atoms with van der Waals surface area (Å²) < 4.78 is 38.7. The monoisotopic (exact) mass is 340 g/mol. The van der Waals surface area contributed by atoms with Crippen molar-refractivity contribution in [3.63, 3.8) is 0 Å². The number of nitrogens with zero attached hydrogens (tertiary/aromatic N) is 3. The second kappa shape index (κ2) is 7.07. The van der Waals surface area contributed by atoms with Gasteiger partial charge in [0, 0.05) is 25.0 Å². The second-order valence-corrected chi connectivity index (χ2v) is 6.13. The first kappa shape index (κ1) is 18.0. The van der Waals surface area contributed by atoms with Crippen LogP contribution in [-0.4, -0.2) is 30.0 Å². The Morgan fingerprint density at radius 3 is 2.75 bits per heavy atom. The van der Waals surface area contributed by atoms with Crippen molar-refractivity contribution in [1.29, 1.82) is 5.26 Å². The Hall–Kier alpha value is -2.30. The number of nitrogens with one attached hydrogen (secondary N) is 1. The molecule has 1 amide bonds. The van der Waals surface area contributed by atoms with E-state index in [1.54, 1.807) is 18.7 Å². The number of hydrogen-bond acceptors (Lipinski definition) is 4. The molecule has 24 heavy (non-hydrogen) atoms. The molecule has 1 aromatic rings. The fraction of sp³-hybridized carbons (Fsp3) is 0.562. The van der Waals surface area contributed by atoms with E-state index >= 15 is 0 Å². The first-order valence-corrected chi connectivity index (χ1v) is 7.76. The van der Waals surface area contributed by atoms with E-state index in [1.165, 1.54) is 0 Å². The van der Waals surface area contributed by atoms with Gasteiger partial charge in [0.05, 0.1) is 5.56 Å². The molecule has 0 radical (unpaired) electrons. The van der Waals surface area contributed by atoms with Crippen LogP contribution in [-0.2, 0) is 11.0 Å². The number of anilines is 1. The number of aromatic nitrogens is 1. The van der Waals surface area contributed by atoms with Crippen LogP contribution in [0.15, 0.2) is 12.1 Å². The van der Waals surface area contributed by atoms with Gasteiger partial charge in [-0.3, -0.25) is 4.79 Å². The summed E-state index contributed by atoms with van der Waals surface area (Å²) in [5.74, 6) is -0.239. The molecule has 0 spiro atoms. The van der Waals surface area contributed by atoms with Gasteiger partial charge in [0.15, 0.2) is 0 Å². The lowest BCUT2D eigenvalue weighted by atomic mass is 10.0. The molecule has 1 saturated heterocycles. The zero-order valence-corrected chi connectivity index (χ0v) is 13.5. The van der Waals surface area contributed by atoms with Crippen molar-refractivity contribution < 1.29 is 18.0 Å². The van der Waals surface area contributed by atoms with E-state index in [1.807, 2.05) is 6.07 Å². The number of piperidine rings is 1. The fourth-order valence-electron chi connectivity index (χ4n) is 2.59. The van der Waals surface area contributed by atoms with Crippen molar-refractivity contribution in [3.05, 3.63) is 23.4 Å². The van der Waals surface area contributed by atoms with E-state index in [9.17, 15) is 18.0 Å². The van der Waals surface area contributed by atoms with E-state index in [-0.39, 0.29) is 29.2 Å². The molecule has 0 saturated carbocycles. The molecule has 5 nitrogen and oxygen atoms in total. The van der Waals surface area contributed by atoms with Gasteiger partial charge < -0.3 is 10.2 Å². The molecule has 2 rings (SSSR count). The zero-order valence-electron chi connectivity index (χ0n) is 13.5. The number of pyridine rings is 1. The van der Waals surface area contributed by atoms with Gasteiger partial charge in [0.1, 0.15) is 17.6 Å². The van der Waals surface area contributed by atoms with Gasteiger partial charge in [0.2, 0.25) is 5.91 Å². The highest BCUT2D eigenvalue weighted by atomic mass is 19.4. The predicted octanol–water partition coefficient (Wildman–Crippen LogP) is 2.71. The first-order chi connectivity index (χ1) is 11.2. The Morgan fingerprint density at radius 2 is 2.17 bits per heavy atom. The topological polar surface area (TPSA) is 69.0 Å². The van der Waals surface area contributed by atoms with Gasteiger partial charge >= 0.3 is 6.18 Å². The molecule has 8 heteroatoms. The Morgan fingerprint density at radius 1 is 1.46 bits per heavy atom. The third-order valence-corrected chi connectivity index (χ3v) is 3.88. The Kier molecular flexibility index (Phi) is 5.32. The van der Waals surface area contributed by atoms with Crippen LogP contribution in [0.5, 0.6) is 0 Å². The summed E-state index contributed by atoms with van der Waals surface area (Å²) >= 11 is 0. The highest BCUT2D eigenvalue weighted by molar-refractivity contribution is 5.78. The number of rotatable bonds is 3. The lowest BCUT2D eigenvalue weighted by Crippen LogP contribution is -2.49. The first-order valence-electron chi connectivity index (χ1n) is 7.76. The Labute approximate surface area is 138 Å². The fourth-order valence-corrected chi connectivity index (χ4v) is 2.59. The van der Waals surface area contributed by atoms with Gasteiger partial charge in [-0.25, -0.2) is 4.98 Å². The average Bonchev–Trinajstić information content (AvgIpc) is 2.53. The third-order valence-electron chi connectivity index (χ3n) is 3.88. The van der Waals surface area contributed by atoms with E-state index < -0.39 is 11.9 Å². The van der Waals surface area contributed by atoms with Crippen molar-refractivity contribution in [2.24, 2.45) is 5.92 Å². The van der Waals surface area contributed by atoms with E-state index in [0.29, 0.717) is 19.5 Å². The summed E-state index contributed by atoms with van der Waals surface area (Å²) in [5, 5.41) is 12.0. The SMILES string of the molecule is CC(C)C(=O)NC1CCCN(c2nc(C(F)(F)F)ccc2C#N)C1. The second-order valence-electron chi connectivity index (χ2n) is 6.13. The summed E-state index contributed by atoms with van der Waals surface area (Å²) in [6, 6.07) is 3.67. The minimum Gasteiger partial charge on any atom is -0.353 e. The van der Waals surface area contributed by atoms with Crippen LogP contribution in [0.25, 0.3) is 0 Å². The molecule has 1 aromatic heterocycles. The lowest BCUT2D eigenvalue weighted by Gasteiger charge is -2.34. The number of amides is 1. The standard InChI is InChI=1S/C16H19F3N4O/c1-10(2)15(24)21-12-4-3-7-23(9-12)14-11(8-20)5-6-13(22-14)16(17,18)19/h5-6,10,12H,3-4,7,9H2,1-2H3,(H,21,24). The molecular formula is C16H19F3N4O. The summed E-state index contributed by atoms with van der Waals surface area (Å²) in [6.45, 7) is 4.38. The van der Waals surface area contributed by atoms with Crippen LogP contribution in [0.2, 0.25) is 0 Å². The van der Waals surface area contributed by atoms with Gasteiger partial charge in [-0.1, -0.05) is 13.8 Å². The van der Waals surface area contributed by atoms with E-state index in [0.717, 1.165) is 18.6 Å². The van der Waals surface area contributed by atoms with Crippen molar-refractivity contribution in [1.82, 2.24) is 10.3 Å². The molecule has 0 aromatic carbocycles. The van der Waals surface area contributed by atoms with Gasteiger partial charge in [0.25, 0.3) is 0 Å². The Balaban J connectivity index is 2.23. The number of nitriles is 1. The largest absolute Gasteiger partial charge is 0.433 e. The summed E-state index contributed by atoms with van der Waals surface area (Å²) in [4.78, 5) is 17.1. The number of alkyl halides is 3. The van der Waals surface area contributed by atoms with E-state index in [4.69, 9.17) is 5.26 Å². The molecular weight excluding hydrogens is 321 g/mol. The summed E-state index contributed by atoms with van der Waals surface area (Å²) in [7, 11) is 0. The molecule has 1 aliphatic rings. The van der Waals surface area contributed by atoms with Crippen LogP contribution in [0, 0.1) is 17.2 Å². The number of carbonyl (C=O) groups is 1. The van der Waals surface area contributed by atoms with Crippen LogP contribution in [0.4, 0.5) is 19.0 Å². The van der Waals surface area contributed by atoms with Gasteiger partial charge in [-0.15, -0.1) is 0 Å². The maximum Gasteiger partial charge on any atom is 0.433 e. The van der Waals surface area contributed by atoms with Crippen LogP contribution in [0.1, 0.15) is 37.9 Å². The average molecular weight is 340 g/mol. The molecule has 1 aliphatic heterocycles. The van der Waals surface area contributed by atoms with Crippen LogP contribution >= 0.6 is 0 Å². The highest BCUT2D eigenvalue weighted by Crippen LogP contribution is 2.31. The summed E-state index contributed by atoms with van der Waals surface area (Å²) in [6.07, 6.45) is -3.12. The zero-order chi connectivity index (χ0) is 17.9. The van der Waals surface area contributed by atoms with Crippen molar-refractivity contribution >= 4 is 11.7 Å². The molecule has 2 heterocycles. The van der Waals surface area contributed by atoms with Crippen molar-refractivity contribution in [3.8, 4) is 6.07 Å². The lowest BCUT2D eigenvalue weighted by molar-refractivity contribution is -0.141. The minimum absolute atomic E-state index is 0.0239. The number of hydrogen-bond donors (Lipinski definition) is 1. The third kappa shape index (κ3) is 4.16. The molecule has 1 atom stereocenters. The predicted molar refractivity (Wildman–Crippen MR) is 82.2 cm³/mol. The van der Waals surface area contributed by atoms with Crippen molar-refractivity contribution in [2.75, 3.05) is 18.0 Å². The molecule has 1 unspecified atom stereocenters. The quantitative estimate of drug-likeness (QED) is 0.919. The van der Waals surface area contributed by atoms with Gasteiger partial charge in [-0.05, 0) is 25.0 Å². The van der Waals surface area contributed by atoms with Crippen LogP contribution < -0.4 is 10.2 Å². The maximum absolute atomic E-state index is 12.9. The van der Waals surface area contributed by atoms with Crippen molar-refractivity contribution in [2.45, 2.75) is 38.9 Å². The molecule has 1 N–H and O–H groups in total. The molecule has 0 bridgehead atoms. The normalized spacial score (nSPS) is 18.4. The number of halogens is 3. The molecule has 0 aliphatic carbocycles. The van der Waals surface area contributed by atoms with Gasteiger partial charge in [-0.2, -0.15) is 18.4 Å². The van der Waals surface area contributed by atoms with Crippen LogP contribution in [0.3, 0.4) is 0 Å². The number of carbonyl (C=O) groups excluding carboxylic acids is 1.